The highest BCUT2D eigenvalue weighted by Gasteiger charge is 2.61. The summed E-state index contributed by atoms with van der Waals surface area (Å²) in [5, 5.41) is 278. The molecule has 8 aliphatic rings. The smallest absolute Gasteiger partial charge is 0.217 e. The highest BCUT2D eigenvalue weighted by atomic mass is 16.8. The number of rotatable bonds is 28. The largest absolute Gasteiger partial charge is 0.394 e. The number of ether oxygens (including phenoxy) is 16. The molecule has 2 amide bonds. The van der Waals surface area contributed by atoms with Crippen LogP contribution in [0.4, 0.5) is 0 Å². The molecule has 8 saturated heterocycles. The highest BCUT2D eigenvalue weighted by Crippen LogP contribution is 2.40. The number of carbonyl (C=O) groups is 2. The highest BCUT2D eigenvalue weighted by molar-refractivity contribution is 5.73. The van der Waals surface area contributed by atoms with E-state index in [2.05, 4.69) is 10.6 Å². The van der Waals surface area contributed by atoms with Gasteiger partial charge in [0.1, 0.15) is 201 Å². The third-order valence-corrected chi connectivity index (χ3v) is 19.1. The van der Waals surface area contributed by atoms with Crippen LogP contribution in [0, 0.1) is 0 Å². The van der Waals surface area contributed by atoms with E-state index in [9.17, 15) is 137 Å². The number of aliphatic hydroxyl groups excluding tert-OH is 25. The standard InChI is InChI=1S/C58H100N2O43/c1-13-27(71)34(78)39(83)53(89-13)98-45-23(11-66)95-52(26(60-17(5)68)48(45)101-56-42(86)37(81)31(75)20(8-63)92-56)102-49-33(77)24(96-57(43(49)87)97-44(19(70)7-62)30(74)18(69)6-61)12-88-51-25(59-16(4)67)47(100-54-40(84)35(79)28(72)14(2)90-54)46(22(10-65)94-51)99-58-50(38(82)32(76)21(9-64)93-58)103-55-41(85)36(80)29(73)15(3)91-55/h13-15,18-58,61-66,69-87H,6-12H2,1-5H3,(H,59,67)(H,60,68)/t13-,14-,15-,18-,19+,20+,21+,22+,23+,24+,25+,26+,27+,28+,29+,30+,31-,32-,33-,34+,35+,36+,37-,38-,39-,40-,41-,42+,43+,44+,45+,46+,47+,48+,49-,50+,51+,52+,53-,54-,55-,56-,57-,58-/m0/s1. The summed E-state index contributed by atoms with van der Waals surface area (Å²) >= 11 is 0. The van der Waals surface area contributed by atoms with Gasteiger partial charge in [0.2, 0.25) is 11.8 Å². The van der Waals surface area contributed by atoms with E-state index in [1.807, 2.05) is 0 Å². The third kappa shape index (κ3) is 19.0. The van der Waals surface area contributed by atoms with Gasteiger partial charge in [-0.3, -0.25) is 9.59 Å². The Morgan fingerprint density at radius 3 is 1.10 bits per heavy atom. The number of amides is 2. The van der Waals surface area contributed by atoms with Crippen molar-refractivity contribution in [3.8, 4) is 0 Å². The van der Waals surface area contributed by atoms with Crippen LogP contribution in [0.2, 0.25) is 0 Å². The van der Waals surface area contributed by atoms with Crippen LogP contribution in [0.25, 0.3) is 0 Å². The number of hydrogen-bond donors (Lipinski definition) is 27. The fourth-order valence-corrected chi connectivity index (χ4v) is 13.1. The van der Waals surface area contributed by atoms with Gasteiger partial charge in [0.05, 0.1) is 64.6 Å². The van der Waals surface area contributed by atoms with E-state index in [0.29, 0.717) is 0 Å². The molecule has 0 aliphatic carbocycles. The molecule has 0 spiro atoms. The van der Waals surface area contributed by atoms with Crippen molar-refractivity contribution in [3.63, 3.8) is 0 Å². The average molecular weight is 1510 g/mol. The van der Waals surface area contributed by atoms with Crippen molar-refractivity contribution in [1.29, 1.82) is 0 Å². The Labute approximate surface area is 585 Å². The average Bonchev–Trinajstić information content (AvgIpc) is 0.766. The molecule has 8 aliphatic heterocycles. The van der Waals surface area contributed by atoms with Crippen molar-refractivity contribution in [1.82, 2.24) is 10.6 Å². The lowest BCUT2D eigenvalue weighted by Crippen LogP contribution is -2.71. The Balaban J connectivity index is 1.18. The van der Waals surface area contributed by atoms with E-state index in [1.54, 1.807) is 0 Å². The molecule has 0 aromatic rings. The molecule has 0 bridgehead atoms. The van der Waals surface area contributed by atoms with Gasteiger partial charge in [-0.25, -0.2) is 0 Å². The maximum Gasteiger partial charge on any atom is 0.217 e. The molecule has 8 rings (SSSR count). The van der Waals surface area contributed by atoms with Crippen LogP contribution in [0.15, 0.2) is 0 Å². The summed E-state index contributed by atoms with van der Waals surface area (Å²) in [6, 6.07) is -4.00. The van der Waals surface area contributed by atoms with Crippen molar-refractivity contribution in [3.05, 3.63) is 0 Å². The van der Waals surface area contributed by atoms with Crippen LogP contribution < -0.4 is 10.6 Å². The van der Waals surface area contributed by atoms with Crippen LogP contribution >= 0.6 is 0 Å². The molecule has 103 heavy (non-hydrogen) atoms. The van der Waals surface area contributed by atoms with Gasteiger partial charge in [0.15, 0.2) is 50.3 Å². The van der Waals surface area contributed by atoms with Gasteiger partial charge in [-0.1, -0.05) is 0 Å². The van der Waals surface area contributed by atoms with E-state index in [-0.39, 0.29) is 0 Å². The Morgan fingerprint density at radius 2 is 0.670 bits per heavy atom. The minimum Gasteiger partial charge on any atom is -0.394 e. The van der Waals surface area contributed by atoms with Gasteiger partial charge in [0.25, 0.3) is 0 Å². The number of nitrogens with one attached hydrogen (secondary N) is 2. The number of aliphatic hydroxyl groups is 25. The normalized spacial score (nSPS) is 49.1. The fraction of sp³-hybridized carbons (Fsp3) is 0.966. The predicted molar refractivity (Wildman–Crippen MR) is 318 cm³/mol. The van der Waals surface area contributed by atoms with Crippen molar-refractivity contribution >= 4 is 11.8 Å². The molecule has 0 radical (unpaired) electrons. The first-order valence-corrected chi connectivity index (χ1v) is 33.1. The molecule has 0 aromatic carbocycles. The lowest BCUT2D eigenvalue weighted by Gasteiger charge is -2.52. The van der Waals surface area contributed by atoms with Crippen molar-refractivity contribution < 1.29 is 213 Å². The van der Waals surface area contributed by atoms with E-state index in [4.69, 9.17) is 75.8 Å². The summed E-state index contributed by atoms with van der Waals surface area (Å²) in [4.78, 5) is 26.9. The second-order valence-electron chi connectivity index (χ2n) is 26.4. The van der Waals surface area contributed by atoms with Gasteiger partial charge in [-0.15, -0.1) is 0 Å². The van der Waals surface area contributed by atoms with Gasteiger partial charge in [-0.05, 0) is 20.8 Å². The van der Waals surface area contributed by atoms with Gasteiger partial charge >= 0.3 is 0 Å². The molecular weight excluding hydrogens is 1410 g/mol. The van der Waals surface area contributed by atoms with E-state index < -0.39 is 328 Å². The molecular formula is C58H100N2O43. The minimum absolute atomic E-state index is 0.917. The Bertz CT molecular complexity index is 2610. The fourth-order valence-electron chi connectivity index (χ4n) is 13.1. The quantitative estimate of drug-likeness (QED) is 0.0346. The molecule has 8 heterocycles. The molecule has 8 fully saturated rings. The molecule has 45 heteroatoms. The minimum atomic E-state index is -2.54. The van der Waals surface area contributed by atoms with Gasteiger partial charge in [0, 0.05) is 13.8 Å². The Morgan fingerprint density at radius 1 is 0.330 bits per heavy atom. The summed E-state index contributed by atoms with van der Waals surface area (Å²) in [6.07, 6.45) is -85.5. The first-order chi connectivity index (χ1) is 48.6. The zero-order valence-electron chi connectivity index (χ0n) is 55.9. The second kappa shape index (κ2) is 37.3. The summed E-state index contributed by atoms with van der Waals surface area (Å²) < 4.78 is 96.2. The summed E-state index contributed by atoms with van der Waals surface area (Å²) in [5.41, 5.74) is 0. The molecule has 27 N–H and O–H groups in total. The Hall–Kier alpha value is -2.70. The van der Waals surface area contributed by atoms with Crippen molar-refractivity contribution in [2.45, 2.75) is 305 Å². The monoisotopic (exact) mass is 1510 g/mol. The van der Waals surface area contributed by atoms with Gasteiger partial charge in [-0.2, -0.15) is 0 Å². The number of carbonyl (C=O) groups excluding carboxylic acids is 2. The molecule has 44 atom stereocenters. The predicted octanol–water partition coefficient (Wildman–Crippen LogP) is -17.6. The lowest BCUT2D eigenvalue weighted by molar-refractivity contribution is -0.396. The lowest BCUT2D eigenvalue weighted by atomic mass is 9.93. The van der Waals surface area contributed by atoms with E-state index in [1.165, 1.54) is 20.8 Å². The number of hydrogen-bond acceptors (Lipinski definition) is 43. The van der Waals surface area contributed by atoms with Crippen LogP contribution in [-0.2, 0) is 85.4 Å². The summed E-state index contributed by atoms with van der Waals surface area (Å²) in [5.74, 6) is -1.99. The topological polar surface area (TPSA) is 712 Å². The molecule has 0 unspecified atom stereocenters. The van der Waals surface area contributed by atoms with E-state index in [0.717, 1.165) is 13.8 Å². The molecule has 0 aromatic heterocycles. The first-order valence-electron chi connectivity index (χ1n) is 33.1. The first kappa shape index (κ1) is 85.9. The zero-order valence-corrected chi connectivity index (χ0v) is 55.9. The SMILES string of the molecule is CC(=O)N[C@H]1[C@@H](O[C@H]2[C@@H](O)[C@@H](CO[C@@H]3O[C@H](CO)[C@@H](O[C@@H]4O[C@H](CO)[C@H](O)[C@H](O)[C@H]4O[C@@H]4O[C@@H](C)[C@@H](O)[C@@H](O)[C@@H]4O)[C@H](O[C@@H]4O[C@@H](C)[C@@H](O)[C@@H](O)[C@@H]4O)[C@H]3NC(C)=O)O[C@@H](O[C@@H]([C@H](O)[C@@H](O)CO)[C@H](O)CO)[C@@H]2O)O[C@H](CO)[C@@H](O[C@@H]2O[C@@H](C)[C@@H](O)[C@@H](O)[C@@H]2O)[C@@H]1O[C@@H]1O[C@H](CO)[C@H](O)[C@H](O)[C@H]1O. The van der Waals surface area contributed by atoms with Crippen molar-refractivity contribution in [2.75, 3.05) is 46.2 Å². The van der Waals surface area contributed by atoms with Crippen LogP contribution in [-0.4, -0.2) is 456 Å². The molecule has 45 nitrogen and oxygen atoms in total. The summed E-state index contributed by atoms with van der Waals surface area (Å²) in [7, 11) is 0. The van der Waals surface area contributed by atoms with Crippen LogP contribution in [0.5, 0.6) is 0 Å². The van der Waals surface area contributed by atoms with Crippen molar-refractivity contribution in [2.24, 2.45) is 0 Å². The maximum absolute atomic E-state index is 13.5. The molecule has 0 saturated carbocycles. The molecule has 600 valence electrons. The van der Waals surface area contributed by atoms with Crippen LogP contribution in [0.3, 0.4) is 0 Å². The summed E-state index contributed by atoms with van der Waals surface area (Å²) in [6.45, 7) is -2.54. The Kier molecular flexibility index (Phi) is 31.1. The van der Waals surface area contributed by atoms with Crippen LogP contribution in [0.1, 0.15) is 34.6 Å². The van der Waals surface area contributed by atoms with Gasteiger partial charge < -0.3 is 214 Å². The zero-order chi connectivity index (χ0) is 76.2. The van der Waals surface area contributed by atoms with E-state index >= 15 is 0 Å². The third-order valence-electron chi connectivity index (χ3n) is 19.1. The maximum atomic E-state index is 13.5. The second-order valence-corrected chi connectivity index (χ2v) is 26.4.